The summed E-state index contributed by atoms with van der Waals surface area (Å²) in [5, 5.41) is 19.6. The first-order chi connectivity index (χ1) is 12.2. The molecular formula is C17H10N4O2S2. The molecule has 2 aromatic carbocycles. The number of nitro groups is 1. The molecule has 8 heteroatoms. The zero-order valence-corrected chi connectivity index (χ0v) is 14.3. The van der Waals surface area contributed by atoms with Crippen molar-refractivity contribution in [3.05, 3.63) is 69.4 Å². The second kappa shape index (κ2) is 6.50. The van der Waals surface area contributed by atoms with Gasteiger partial charge in [-0.15, -0.1) is 16.4 Å². The maximum absolute atomic E-state index is 10.7. The Kier molecular flexibility index (Phi) is 4.04. The van der Waals surface area contributed by atoms with Gasteiger partial charge in [-0.2, -0.15) is 0 Å². The molecule has 0 atom stereocenters. The van der Waals surface area contributed by atoms with Gasteiger partial charge in [-0.05, 0) is 23.7 Å². The maximum atomic E-state index is 10.7. The molecule has 6 nitrogen and oxygen atoms in total. The van der Waals surface area contributed by atoms with Crippen molar-refractivity contribution in [1.29, 1.82) is 0 Å². The monoisotopic (exact) mass is 366 g/mol. The first-order valence-electron chi connectivity index (χ1n) is 7.29. The zero-order valence-electron chi connectivity index (χ0n) is 12.7. The van der Waals surface area contributed by atoms with Crippen molar-refractivity contribution in [3.63, 3.8) is 0 Å². The number of nitrogens with zero attached hydrogens (tertiary/aromatic N) is 4. The van der Waals surface area contributed by atoms with Gasteiger partial charge in [0.2, 0.25) is 0 Å². The van der Waals surface area contributed by atoms with Crippen molar-refractivity contribution in [2.24, 2.45) is 0 Å². The van der Waals surface area contributed by atoms with E-state index in [2.05, 4.69) is 14.6 Å². The Morgan fingerprint density at radius 2 is 1.48 bits per heavy atom. The number of nitro benzene ring substituents is 1. The van der Waals surface area contributed by atoms with Crippen LogP contribution in [0.1, 0.15) is 0 Å². The van der Waals surface area contributed by atoms with Crippen molar-refractivity contribution in [1.82, 2.24) is 14.6 Å². The SMILES string of the molecule is O=[N+]([O-])c1ccc(-c2csc(-c3ccc(-c4csnn4)cc3)n2)cc1. The molecule has 2 heterocycles. The van der Waals surface area contributed by atoms with Crippen molar-refractivity contribution < 1.29 is 4.92 Å². The largest absolute Gasteiger partial charge is 0.269 e. The van der Waals surface area contributed by atoms with Crippen molar-refractivity contribution >= 4 is 28.6 Å². The third-order valence-electron chi connectivity index (χ3n) is 3.67. The van der Waals surface area contributed by atoms with Crippen LogP contribution in [0.3, 0.4) is 0 Å². The average Bonchev–Trinajstić information content (AvgIpc) is 3.34. The minimum absolute atomic E-state index is 0.0753. The first kappa shape index (κ1) is 15.6. The average molecular weight is 366 g/mol. The van der Waals surface area contributed by atoms with E-state index in [1.54, 1.807) is 23.5 Å². The highest BCUT2D eigenvalue weighted by Crippen LogP contribution is 2.31. The van der Waals surface area contributed by atoms with Crippen LogP contribution in [0.15, 0.2) is 59.3 Å². The van der Waals surface area contributed by atoms with Gasteiger partial charge < -0.3 is 0 Å². The van der Waals surface area contributed by atoms with Crippen LogP contribution in [0.2, 0.25) is 0 Å². The number of rotatable bonds is 4. The van der Waals surface area contributed by atoms with Gasteiger partial charge in [0.15, 0.2) is 0 Å². The van der Waals surface area contributed by atoms with Crippen molar-refractivity contribution in [3.8, 4) is 33.1 Å². The van der Waals surface area contributed by atoms with Crippen LogP contribution in [-0.2, 0) is 0 Å². The number of benzene rings is 2. The Morgan fingerprint density at radius 3 is 2.12 bits per heavy atom. The van der Waals surface area contributed by atoms with E-state index in [0.717, 1.165) is 33.1 Å². The molecule has 2 aromatic heterocycles. The van der Waals surface area contributed by atoms with Crippen molar-refractivity contribution in [2.45, 2.75) is 0 Å². The molecule has 0 saturated heterocycles. The number of hydrogen-bond acceptors (Lipinski definition) is 7. The van der Waals surface area contributed by atoms with Crippen LogP contribution in [0.4, 0.5) is 5.69 Å². The molecular weight excluding hydrogens is 356 g/mol. The van der Waals surface area contributed by atoms with Crippen LogP contribution in [0, 0.1) is 10.1 Å². The van der Waals surface area contributed by atoms with E-state index < -0.39 is 4.92 Å². The van der Waals surface area contributed by atoms with Crippen LogP contribution < -0.4 is 0 Å². The minimum Gasteiger partial charge on any atom is -0.258 e. The van der Waals surface area contributed by atoms with E-state index in [-0.39, 0.29) is 5.69 Å². The molecule has 4 rings (SSSR count). The lowest BCUT2D eigenvalue weighted by molar-refractivity contribution is -0.384. The van der Waals surface area contributed by atoms with Gasteiger partial charge in [0.1, 0.15) is 10.7 Å². The van der Waals surface area contributed by atoms with Crippen LogP contribution >= 0.6 is 22.9 Å². The van der Waals surface area contributed by atoms with E-state index in [1.807, 2.05) is 35.0 Å². The van der Waals surface area contributed by atoms with E-state index in [9.17, 15) is 10.1 Å². The lowest BCUT2D eigenvalue weighted by Gasteiger charge is -1.99. The standard InChI is InChI=1S/C17H10N4O2S2/c22-21(23)14-7-5-11(6-8-14)15-9-24-17(18-15)13-3-1-12(2-4-13)16-10-25-20-19-16/h1-10H. The lowest BCUT2D eigenvalue weighted by Crippen LogP contribution is -1.87. The molecule has 4 aromatic rings. The van der Waals surface area contributed by atoms with E-state index in [1.165, 1.54) is 23.7 Å². The fraction of sp³-hybridized carbons (Fsp3) is 0. The predicted molar refractivity (Wildman–Crippen MR) is 98.5 cm³/mol. The smallest absolute Gasteiger partial charge is 0.258 e. The van der Waals surface area contributed by atoms with E-state index >= 15 is 0 Å². The van der Waals surface area contributed by atoms with Gasteiger partial charge in [-0.25, -0.2) is 4.98 Å². The van der Waals surface area contributed by atoms with Crippen molar-refractivity contribution in [2.75, 3.05) is 0 Å². The Morgan fingerprint density at radius 1 is 0.840 bits per heavy atom. The summed E-state index contributed by atoms with van der Waals surface area (Å²) in [6.45, 7) is 0. The fourth-order valence-electron chi connectivity index (χ4n) is 2.37. The van der Waals surface area contributed by atoms with Crippen LogP contribution in [0.25, 0.3) is 33.1 Å². The molecule has 0 N–H and O–H groups in total. The van der Waals surface area contributed by atoms with Crippen LogP contribution in [0.5, 0.6) is 0 Å². The zero-order chi connectivity index (χ0) is 17.2. The maximum Gasteiger partial charge on any atom is 0.269 e. The molecule has 0 bridgehead atoms. The Bertz CT molecular complexity index is 1010. The topological polar surface area (TPSA) is 81.8 Å². The Labute approximate surface area is 150 Å². The third-order valence-corrected chi connectivity index (χ3v) is 5.06. The van der Waals surface area contributed by atoms with Gasteiger partial charge in [0.25, 0.3) is 5.69 Å². The van der Waals surface area contributed by atoms with E-state index in [4.69, 9.17) is 0 Å². The molecule has 0 aliphatic carbocycles. The molecule has 0 aliphatic rings. The van der Waals surface area contributed by atoms with Gasteiger partial charge in [-0.1, -0.05) is 28.8 Å². The summed E-state index contributed by atoms with van der Waals surface area (Å²) >= 11 is 2.87. The molecule has 0 saturated carbocycles. The lowest BCUT2D eigenvalue weighted by atomic mass is 10.1. The molecule has 0 unspecified atom stereocenters. The summed E-state index contributed by atoms with van der Waals surface area (Å²) in [5.41, 5.74) is 4.64. The first-order valence-corrected chi connectivity index (χ1v) is 9.00. The molecule has 0 aliphatic heterocycles. The summed E-state index contributed by atoms with van der Waals surface area (Å²) in [5.74, 6) is 0. The summed E-state index contributed by atoms with van der Waals surface area (Å²) in [6, 6.07) is 14.4. The van der Waals surface area contributed by atoms with Gasteiger partial charge in [0.05, 0.1) is 10.6 Å². The number of hydrogen-bond donors (Lipinski definition) is 0. The van der Waals surface area contributed by atoms with Gasteiger partial charge in [-0.3, -0.25) is 10.1 Å². The second-order valence-electron chi connectivity index (χ2n) is 5.21. The summed E-state index contributed by atoms with van der Waals surface area (Å²) in [6.07, 6.45) is 0. The van der Waals surface area contributed by atoms with Crippen LogP contribution in [-0.4, -0.2) is 19.5 Å². The second-order valence-corrected chi connectivity index (χ2v) is 6.68. The number of thiazole rings is 1. The fourth-order valence-corrected chi connectivity index (χ4v) is 3.67. The summed E-state index contributed by atoms with van der Waals surface area (Å²) < 4.78 is 3.87. The highest BCUT2D eigenvalue weighted by atomic mass is 32.1. The number of non-ortho nitro benzene ring substituents is 1. The van der Waals surface area contributed by atoms with Gasteiger partial charge >= 0.3 is 0 Å². The Balaban J connectivity index is 1.59. The normalized spacial score (nSPS) is 10.7. The molecule has 25 heavy (non-hydrogen) atoms. The molecule has 0 radical (unpaired) electrons. The minimum atomic E-state index is -0.407. The highest BCUT2D eigenvalue weighted by molar-refractivity contribution is 7.13. The quantitative estimate of drug-likeness (QED) is 0.379. The Hall–Kier alpha value is -2.97. The van der Waals surface area contributed by atoms with Gasteiger partial charge in [0, 0.05) is 39.6 Å². The number of aromatic nitrogens is 3. The molecule has 0 fully saturated rings. The molecule has 0 amide bonds. The molecule has 0 spiro atoms. The summed E-state index contributed by atoms with van der Waals surface area (Å²) in [7, 11) is 0. The highest BCUT2D eigenvalue weighted by Gasteiger charge is 2.10. The van der Waals surface area contributed by atoms with E-state index in [0.29, 0.717) is 0 Å². The predicted octanol–water partition coefficient (Wildman–Crippen LogP) is 4.90. The third kappa shape index (κ3) is 3.17. The molecule has 122 valence electrons. The summed E-state index contributed by atoms with van der Waals surface area (Å²) in [4.78, 5) is 15.0.